The van der Waals surface area contributed by atoms with Gasteiger partial charge in [0.15, 0.2) is 0 Å². The highest BCUT2D eigenvalue weighted by Gasteiger charge is 2.37. The number of aliphatic carboxylic acids is 1. The Morgan fingerprint density at radius 3 is 2.31 bits per heavy atom. The van der Waals surface area contributed by atoms with Gasteiger partial charge in [-0.1, -0.05) is 25.0 Å². The number of hydrogen-bond acceptors (Lipinski definition) is 2. The van der Waals surface area contributed by atoms with Crippen LogP contribution < -0.4 is 5.73 Å². The summed E-state index contributed by atoms with van der Waals surface area (Å²) in [5.41, 5.74) is 7.36. The standard InChI is InChI=1S/C13H17NO2/c14-11-5-3-10(4-6-11)13(9-12(15)16)7-1-2-8-13/h3-6H,1-2,7-9,14H2,(H,15,16). The molecule has 1 aliphatic rings. The largest absolute Gasteiger partial charge is 0.481 e. The second kappa shape index (κ2) is 4.16. The van der Waals surface area contributed by atoms with Gasteiger partial charge in [-0.3, -0.25) is 4.79 Å². The Morgan fingerprint density at radius 2 is 1.81 bits per heavy atom. The molecule has 0 bridgehead atoms. The van der Waals surface area contributed by atoms with Crippen LogP contribution in [-0.2, 0) is 10.2 Å². The minimum atomic E-state index is -0.710. The maximum atomic E-state index is 11.0. The highest BCUT2D eigenvalue weighted by Crippen LogP contribution is 2.43. The van der Waals surface area contributed by atoms with Crippen LogP contribution in [0.15, 0.2) is 24.3 Å². The van der Waals surface area contributed by atoms with Crippen molar-refractivity contribution in [2.45, 2.75) is 37.5 Å². The summed E-state index contributed by atoms with van der Waals surface area (Å²) in [4.78, 5) is 11.0. The maximum Gasteiger partial charge on any atom is 0.304 e. The molecular weight excluding hydrogens is 202 g/mol. The summed E-state index contributed by atoms with van der Waals surface area (Å²) in [5, 5.41) is 9.03. The number of nitrogen functional groups attached to an aromatic ring is 1. The Hall–Kier alpha value is -1.51. The summed E-state index contributed by atoms with van der Waals surface area (Å²) in [6, 6.07) is 7.67. The Labute approximate surface area is 95.3 Å². The molecule has 0 heterocycles. The number of anilines is 1. The number of nitrogens with two attached hydrogens (primary N) is 1. The second-order valence-corrected chi connectivity index (χ2v) is 4.68. The van der Waals surface area contributed by atoms with E-state index in [9.17, 15) is 4.79 Å². The summed E-state index contributed by atoms with van der Waals surface area (Å²) in [6.07, 6.45) is 4.43. The van der Waals surface area contributed by atoms with E-state index in [0.29, 0.717) is 0 Å². The SMILES string of the molecule is Nc1ccc(C2(CC(=O)O)CCCC2)cc1. The van der Waals surface area contributed by atoms with E-state index in [0.717, 1.165) is 36.9 Å². The predicted molar refractivity (Wildman–Crippen MR) is 63.3 cm³/mol. The molecule has 3 nitrogen and oxygen atoms in total. The third-order valence-electron chi connectivity index (χ3n) is 3.57. The highest BCUT2D eigenvalue weighted by molar-refractivity contribution is 5.69. The molecule has 16 heavy (non-hydrogen) atoms. The van der Waals surface area contributed by atoms with E-state index < -0.39 is 5.97 Å². The number of carboxylic acid groups (broad SMARTS) is 1. The monoisotopic (exact) mass is 219 g/mol. The minimum Gasteiger partial charge on any atom is -0.481 e. The molecule has 1 aromatic carbocycles. The van der Waals surface area contributed by atoms with Crippen molar-refractivity contribution in [1.82, 2.24) is 0 Å². The smallest absolute Gasteiger partial charge is 0.304 e. The van der Waals surface area contributed by atoms with Crippen LogP contribution in [0, 0.1) is 0 Å². The average Bonchev–Trinajstić information content (AvgIpc) is 2.67. The van der Waals surface area contributed by atoms with Gasteiger partial charge >= 0.3 is 5.97 Å². The Balaban J connectivity index is 2.31. The lowest BCUT2D eigenvalue weighted by atomic mass is 9.76. The molecule has 1 aliphatic carbocycles. The van der Waals surface area contributed by atoms with Crippen molar-refractivity contribution in [1.29, 1.82) is 0 Å². The normalized spacial score (nSPS) is 18.5. The Kier molecular flexibility index (Phi) is 2.86. The topological polar surface area (TPSA) is 63.3 Å². The Bertz CT molecular complexity index is 377. The molecule has 3 heteroatoms. The van der Waals surface area contributed by atoms with Gasteiger partial charge in [0.2, 0.25) is 0 Å². The summed E-state index contributed by atoms with van der Waals surface area (Å²) < 4.78 is 0. The van der Waals surface area contributed by atoms with Crippen LogP contribution in [0.1, 0.15) is 37.7 Å². The van der Waals surface area contributed by atoms with Crippen LogP contribution in [0.25, 0.3) is 0 Å². The maximum absolute atomic E-state index is 11.0. The Morgan fingerprint density at radius 1 is 1.25 bits per heavy atom. The van der Waals surface area contributed by atoms with Crippen LogP contribution >= 0.6 is 0 Å². The van der Waals surface area contributed by atoms with Crippen LogP contribution in [0.3, 0.4) is 0 Å². The first-order chi connectivity index (χ1) is 7.62. The lowest BCUT2D eigenvalue weighted by molar-refractivity contribution is -0.138. The van der Waals surface area contributed by atoms with E-state index in [1.165, 1.54) is 0 Å². The highest BCUT2D eigenvalue weighted by atomic mass is 16.4. The van der Waals surface area contributed by atoms with Gasteiger partial charge < -0.3 is 10.8 Å². The van der Waals surface area contributed by atoms with Crippen molar-refractivity contribution in [3.05, 3.63) is 29.8 Å². The number of rotatable bonds is 3. The zero-order valence-electron chi connectivity index (χ0n) is 9.28. The molecule has 0 saturated heterocycles. The summed E-state index contributed by atoms with van der Waals surface area (Å²) in [5.74, 6) is -0.710. The predicted octanol–water partition coefficient (Wildman–Crippen LogP) is 2.56. The zero-order valence-corrected chi connectivity index (χ0v) is 9.28. The van der Waals surface area contributed by atoms with Gasteiger partial charge in [-0.25, -0.2) is 0 Å². The van der Waals surface area contributed by atoms with Crippen LogP contribution in [0.2, 0.25) is 0 Å². The summed E-state index contributed by atoms with van der Waals surface area (Å²) in [6.45, 7) is 0. The quantitative estimate of drug-likeness (QED) is 0.768. The van der Waals surface area contributed by atoms with Crippen molar-refractivity contribution in [3.63, 3.8) is 0 Å². The number of benzene rings is 1. The van der Waals surface area contributed by atoms with Crippen molar-refractivity contribution >= 4 is 11.7 Å². The van der Waals surface area contributed by atoms with Crippen LogP contribution in [-0.4, -0.2) is 11.1 Å². The molecule has 0 aromatic heterocycles. The molecule has 1 saturated carbocycles. The van der Waals surface area contributed by atoms with Crippen LogP contribution in [0.4, 0.5) is 5.69 Å². The molecule has 0 spiro atoms. The molecule has 0 amide bonds. The molecular formula is C13H17NO2. The molecule has 2 rings (SSSR count). The van der Waals surface area contributed by atoms with E-state index in [1.54, 1.807) is 0 Å². The first-order valence-electron chi connectivity index (χ1n) is 5.70. The molecule has 1 fully saturated rings. The minimum absolute atomic E-state index is 0.153. The second-order valence-electron chi connectivity index (χ2n) is 4.68. The van der Waals surface area contributed by atoms with E-state index in [-0.39, 0.29) is 11.8 Å². The van der Waals surface area contributed by atoms with Crippen molar-refractivity contribution < 1.29 is 9.90 Å². The molecule has 3 N–H and O–H groups in total. The fourth-order valence-corrected chi connectivity index (χ4v) is 2.75. The van der Waals surface area contributed by atoms with Gasteiger partial charge in [0.05, 0.1) is 6.42 Å². The van der Waals surface area contributed by atoms with E-state index in [4.69, 9.17) is 10.8 Å². The van der Waals surface area contributed by atoms with Gasteiger partial charge in [0.25, 0.3) is 0 Å². The van der Waals surface area contributed by atoms with Gasteiger partial charge in [0, 0.05) is 11.1 Å². The van der Waals surface area contributed by atoms with Crippen LogP contribution in [0.5, 0.6) is 0 Å². The molecule has 0 aliphatic heterocycles. The van der Waals surface area contributed by atoms with E-state index >= 15 is 0 Å². The van der Waals surface area contributed by atoms with E-state index in [1.807, 2.05) is 24.3 Å². The first-order valence-corrected chi connectivity index (χ1v) is 5.70. The number of hydrogen-bond donors (Lipinski definition) is 2. The fraction of sp³-hybridized carbons (Fsp3) is 0.462. The lowest BCUT2D eigenvalue weighted by Crippen LogP contribution is -2.25. The zero-order chi connectivity index (χ0) is 11.6. The summed E-state index contributed by atoms with van der Waals surface area (Å²) >= 11 is 0. The van der Waals surface area contributed by atoms with Gasteiger partial charge in [-0.05, 0) is 30.5 Å². The third-order valence-corrected chi connectivity index (χ3v) is 3.57. The molecule has 1 aromatic rings. The van der Waals surface area contributed by atoms with E-state index in [2.05, 4.69) is 0 Å². The number of carbonyl (C=O) groups is 1. The molecule has 0 unspecified atom stereocenters. The van der Waals surface area contributed by atoms with Crippen molar-refractivity contribution in [2.75, 3.05) is 5.73 Å². The number of carboxylic acids is 1. The lowest BCUT2D eigenvalue weighted by Gasteiger charge is -2.27. The fourth-order valence-electron chi connectivity index (χ4n) is 2.75. The molecule has 0 atom stereocenters. The third kappa shape index (κ3) is 2.03. The first kappa shape index (κ1) is 11.0. The van der Waals surface area contributed by atoms with Gasteiger partial charge in [0.1, 0.15) is 0 Å². The molecule has 86 valence electrons. The van der Waals surface area contributed by atoms with Gasteiger partial charge in [-0.2, -0.15) is 0 Å². The summed E-state index contributed by atoms with van der Waals surface area (Å²) in [7, 11) is 0. The average molecular weight is 219 g/mol. The van der Waals surface area contributed by atoms with Crippen molar-refractivity contribution in [2.24, 2.45) is 0 Å². The van der Waals surface area contributed by atoms with Gasteiger partial charge in [-0.15, -0.1) is 0 Å². The molecule has 0 radical (unpaired) electrons. The van der Waals surface area contributed by atoms with Crippen molar-refractivity contribution in [3.8, 4) is 0 Å².